The second-order valence-electron chi connectivity index (χ2n) is 6.82. The number of rotatable bonds is 9. The van der Waals surface area contributed by atoms with Crippen LogP contribution in [0.15, 0.2) is 30.3 Å². The molecule has 4 nitrogen and oxygen atoms in total. The average Bonchev–Trinajstić information content (AvgIpc) is 3.11. The van der Waals surface area contributed by atoms with E-state index in [1.165, 1.54) is 7.11 Å². The molecule has 0 aromatic heterocycles. The summed E-state index contributed by atoms with van der Waals surface area (Å²) in [4.78, 5) is 13.6. The van der Waals surface area contributed by atoms with E-state index in [2.05, 4.69) is 5.32 Å². The van der Waals surface area contributed by atoms with E-state index in [1.54, 1.807) is 0 Å². The third-order valence-electron chi connectivity index (χ3n) is 4.73. The van der Waals surface area contributed by atoms with Crippen LogP contribution in [0, 0.1) is 5.92 Å². The molecule has 1 amide bonds. The van der Waals surface area contributed by atoms with Crippen molar-refractivity contribution in [3.63, 3.8) is 0 Å². The molecule has 146 valence electrons. The number of benzene rings is 1. The number of amides is 1. The highest BCUT2D eigenvalue weighted by Crippen LogP contribution is 2.35. The van der Waals surface area contributed by atoms with Crippen LogP contribution < -0.4 is 5.32 Å². The summed E-state index contributed by atoms with van der Waals surface area (Å²) in [6.45, 7) is -1.21. The molecule has 26 heavy (non-hydrogen) atoms. The van der Waals surface area contributed by atoms with Crippen molar-refractivity contribution in [2.45, 2.75) is 37.9 Å². The standard InChI is InChI=1S/C19H27F3N2O2/c1-26-12-11-24(14-19(20,21)22)13-17(25)23-18(16-9-5-6-10-16)15-7-3-2-4-8-15/h2-4,7-8,16,18H,5-6,9-14H2,1H3,(H,23,25). The molecule has 1 saturated carbocycles. The monoisotopic (exact) mass is 372 g/mol. The lowest BCUT2D eigenvalue weighted by atomic mass is 9.91. The summed E-state index contributed by atoms with van der Waals surface area (Å²) in [6, 6.07) is 9.51. The van der Waals surface area contributed by atoms with Crippen molar-refractivity contribution in [3.05, 3.63) is 35.9 Å². The molecule has 0 saturated heterocycles. The fraction of sp³-hybridized carbons (Fsp3) is 0.632. The van der Waals surface area contributed by atoms with Gasteiger partial charge < -0.3 is 10.1 Å². The summed E-state index contributed by atoms with van der Waals surface area (Å²) in [5.74, 6) is -0.0532. The number of methoxy groups -OCH3 is 1. The molecule has 0 aliphatic heterocycles. The van der Waals surface area contributed by atoms with Gasteiger partial charge in [-0.05, 0) is 24.3 Å². The van der Waals surface area contributed by atoms with Crippen LogP contribution in [-0.2, 0) is 9.53 Å². The molecule has 1 fully saturated rings. The fourth-order valence-corrected chi connectivity index (χ4v) is 3.53. The Balaban J connectivity index is 2.02. The van der Waals surface area contributed by atoms with Gasteiger partial charge in [0, 0.05) is 13.7 Å². The largest absolute Gasteiger partial charge is 0.401 e. The minimum absolute atomic E-state index is 0.0584. The van der Waals surface area contributed by atoms with E-state index in [0.29, 0.717) is 5.92 Å². The van der Waals surface area contributed by atoms with Crippen LogP contribution in [0.2, 0.25) is 0 Å². The predicted molar refractivity (Wildman–Crippen MR) is 93.7 cm³/mol. The molecular formula is C19H27F3N2O2. The maximum Gasteiger partial charge on any atom is 0.401 e. The third-order valence-corrected chi connectivity index (χ3v) is 4.73. The molecule has 0 radical (unpaired) electrons. The van der Waals surface area contributed by atoms with Crippen LogP contribution in [0.1, 0.15) is 37.3 Å². The average molecular weight is 372 g/mol. The Morgan fingerprint density at radius 2 is 1.92 bits per heavy atom. The highest BCUT2D eigenvalue weighted by molar-refractivity contribution is 5.78. The van der Waals surface area contributed by atoms with Gasteiger partial charge in [0.1, 0.15) is 0 Å². The lowest BCUT2D eigenvalue weighted by Gasteiger charge is -2.28. The molecular weight excluding hydrogens is 345 g/mol. The molecule has 0 spiro atoms. The zero-order valence-electron chi connectivity index (χ0n) is 15.1. The van der Waals surface area contributed by atoms with Gasteiger partial charge in [-0.3, -0.25) is 9.69 Å². The third kappa shape index (κ3) is 6.96. The summed E-state index contributed by atoms with van der Waals surface area (Å²) in [5.41, 5.74) is 1.01. The summed E-state index contributed by atoms with van der Waals surface area (Å²) in [7, 11) is 1.43. The topological polar surface area (TPSA) is 41.6 Å². The van der Waals surface area contributed by atoms with Crippen LogP contribution in [0.25, 0.3) is 0 Å². The lowest BCUT2D eigenvalue weighted by Crippen LogP contribution is -2.44. The number of carbonyl (C=O) groups is 1. The zero-order chi connectivity index (χ0) is 19.0. The molecule has 7 heteroatoms. The van der Waals surface area contributed by atoms with Gasteiger partial charge >= 0.3 is 6.18 Å². The van der Waals surface area contributed by atoms with Crippen molar-refractivity contribution >= 4 is 5.91 Å². The number of alkyl halides is 3. The van der Waals surface area contributed by atoms with Crippen molar-refractivity contribution in [1.82, 2.24) is 10.2 Å². The van der Waals surface area contributed by atoms with Gasteiger partial charge in [-0.1, -0.05) is 43.2 Å². The van der Waals surface area contributed by atoms with Crippen molar-refractivity contribution in [2.75, 3.05) is 33.4 Å². The number of nitrogens with zero attached hydrogens (tertiary/aromatic N) is 1. The van der Waals surface area contributed by atoms with Crippen LogP contribution in [0.4, 0.5) is 13.2 Å². The van der Waals surface area contributed by atoms with Crippen LogP contribution in [0.3, 0.4) is 0 Å². The molecule has 1 atom stereocenters. The lowest BCUT2D eigenvalue weighted by molar-refractivity contribution is -0.150. The Labute approximate surface area is 152 Å². The van der Waals surface area contributed by atoms with Crippen molar-refractivity contribution in [3.8, 4) is 0 Å². The summed E-state index contributed by atoms with van der Waals surface area (Å²) >= 11 is 0. The van der Waals surface area contributed by atoms with Gasteiger partial charge in [-0.15, -0.1) is 0 Å². The molecule has 1 aromatic rings. The van der Waals surface area contributed by atoms with Gasteiger partial charge in [0.15, 0.2) is 0 Å². The number of carbonyl (C=O) groups excluding carboxylic acids is 1. The van der Waals surface area contributed by atoms with Gasteiger partial charge in [0.25, 0.3) is 0 Å². The summed E-state index contributed by atoms with van der Waals surface area (Å²) in [5, 5.41) is 2.98. The van der Waals surface area contributed by atoms with Gasteiger partial charge in [-0.2, -0.15) is 13.2 Å². The second-order valence-corrected chi connectivity index (χ2v) is 6.82. The number of nitrogens with one attached hydrogen (secondary N) is 1. The van der Waals surface area contributed by atoms with Crippen LogP contribution >= 0.6 is 0 Å². The maximum atomic E-state index is 12.7. The summed E-state index contributed by atoms with van der Waals surface area (Å²) in [6.07, 6.45) is -0.0559. The number of ether oxygens (including phenoxy) is 1. The minimum atomic E-state index is -4.35. The first kappa shape index (κ1) is 20.7. The van der Waals surface area contributed by atoms with Crippen LogP contribution in [-0.4, -0.2) is 50.3 Å². The van der Waals surface area contributed by atoms with E-state index in [9.17, 15) is 18.0 Å². The first-order valence-corrected chi connectivity index (χ1v) is 9.01. The Bertz CT molecular complexity index is 545. The highest BCUT2D eigenvalue weighted by atomic mass is 19.4. The first-order valence-electron chi connectivity index (χ1n) is 9.01. The molecule has 2 rings (SSSR count). The van der Waals surface area contributed by atoms with Gasteiger partial charge in [0.05, 0.1) is 25.7 Å². The molecule has 1 unspecified atom stereocenters. The number of hydrogen-bond donors (Lipinski definition) is 1. The second kappa shape index (κ2) is 9.92. The predicted octanol–water partition coefficient (Wildman–Crippen LogP) is 3.54. The van der Waals surface area contributed by atoms with Gasteiger partial charge in [-0.25, -0.2) is 0 Å². The molecule has 1 aliphatic rings. The van der Waals surface area contributed by atoms with E-state index >= 15 is 0 Å². The highest BCUT2D eigenvalue weighted by Gasteiger charge is 2.32. The van der Waals surface area contributed by atoms with Crippen molar-refractivity contribution < 1.29 is 22.7 Å². The fourth-order valence-electron chi connectivity index (χ4n) is 3.53. The molecule has 1 aromatic carbocycles. The van der Waals surface area contributed by atoms with E-state index in [1.807, 2.05) is 30.3 Å². The summed E-state index contributed by atoms with van der Waals surface area (Å²) < 4.78 is 43.1. The Hall–Kier alpha value is -1.60. The number of halogens is 3. The molecule has 1 aliphatic carbocycles. The van der Waals surface area contributed by atoms with Crippen molar-refractivity contribution in [2.24, 2.45) is 5.92 Å². The Morgan fingerprint density at radius 1 is 1.27 bits per heavy atom. The van der Waals surface area contributed by atoms with Gasteiger partial charge in [0.2, 0.25) is 5.91 Å². The maximum absolute atomic E-state index is 12.7. The van der Waals surface area contributed by atoms with E-state index in [-0.39, 0.29) is 31.6 Å². The van der Waals surface area contributed by atoms with E-state index in [4.69, 9.17) is 4.74 Å². The molecule has 0 bridgehead atoms. The molecule has 0 heterocycles. The molecule has 1 N–H and O–H groups in total. The minimum Gasteiger partial charge on any atom is -0.383 e. The zero-order valence-corrected chi connectivity index (χ0v) is 15.1. The number of hydrogen-bond acceptors (Lipinski definition) is 3. The Kier molecular flexibility index (Phi) is 7.90. The van der Waals surface area contributed by atoms with Crippen molar-refractivity contribution in [1.29, 1.82) is 0 Å². The Morgan fingerprint density at radius 3 is 2.50 bits per heavy atom. The van der Waals surface area contributed by atoms with Crippen LogP contribution in [0.5, 0.6) is 0 Å². The SMILES string of the molecule is COCCN(CC(=O)NC(c1ccccc1)C1CCCC1)CC(F)(F)F. The smallest absolute Gasteiger partial charge is 0.383 e. The van der Waals surface area contributed by atoms with E-state index in [0.717, 1.165) is 36.1 Å². The quantitative estimate of drug-likeness (QED) is 0.721. The normalized spacial score (nSPS) is 16.8. The first-order chi connectivity index (χ1) is 12.4. The van der Waals surface area contributed by atoms with E-state index < -0.39 is 12.7 Å².